The van der Waals surface area contributed by atoms with E-state index in [0.29, 0.717) is 5.82 Å². The lowest BCUT2D eigenvalue weighted by atomic mass is 10.3. The average Bonchev–Trinajstić information content (AvgIpc) is 2.10. The van der Waals surface area contributed by atoms with Crippen LogP contribution in [0.1, 0.15) is 0 Å². The molecule has 0 bridgehead atoms. The minimum atomic E-state index is -3.88. The van der Waals surface area contributed by atoms with E-state index >= 15 is 0 Å². The van der Waals surface area contributed by atoms with Crippen molar-refractivity contribution in [3.8, 4) is 11.5 Å². The lowest BCUT2D eigenvalue weighted by molar-refractivity contribution is 0.386. The van der Waals surface area contributed by atoms with Crippen LogP contribution in [0, 0.1) is 0 Å². The molecular weight excluding hydrogens is 207 g/mol. The summed E-state index contributed by atoms with van der Waals surface area (Å²) in [5, 5.41) is 17.3. The van der Waals surface area contributed by atoms with Gasteiger partial charge in [0.1, 0.15) is 0 Å². The highest BCUT2D eigenvalue weighted by Gasteiger charge is 2.01. The fourth-order valence-corrected chi connectivity index (χ4v) is 0.464. The van der Waals surface area contributed by atoms with Gasteiger partial charge in [-0.1, -0.05) is 18.7 Å². The first-order chi connectivity index (χ1) is 6.37. The van der Waals surface area contributed by atoms with E-state index in [2.05, 4.69) is 6.58 Å². The summed E-state index contributed by atoms with van der Waals surface area (Å²) in [7, 11) is -3.88. The quantitative estimate of drug-likeness (QED) is 0.422. The predicted octanol–water partition coefficient (Wildman–Crippen LogP) is 1.41. The number of phenols is 2. The van der Waals surface area contributed by atoms with Gasteiger partial charge in [-0.15, -0.1) is 0 Å². The summed E-state index contributed by atoms with van der Waals surface area (Å²) in [6.45, 7) is 2.87. The molecule has 6 heteroatoms. The molecule has 0 aliphatic rings. The van der Waals surface area contributed by atoms with Gasteiger partial charge in [0.15, 0.2) is 11.5 Å². The maximum Gasteiger partial charge on any atom is 0.348 e. The SMILES string of the molecule is C=CP(=O)(O)O.Oc1ccccc1O. The standard InChI is InChI=1S/C6H6O2.C2H5O3P/c7-5-3-1-2-4-6(5)8;1-2-6(3,4)5/h1-4,7-8H;2H,1H2,(H2,3,4,5). The van der Waals surface area contributed by atoms with Gasteiger partial charge in [-0.25, -0.2) is 0 Å². The van der Waals surface area contributed by atoms with Crippen molar-refractivity contribution in [3.63, 3.8) is 0 Å². The molecule has 0 aliphatic carbocycles. The first kappa shape index (κ1) is 12.7. The molecule has 0 aromatic heterocycles. The molecule has 0 amide bonds. The van der Waals surface area contributed by atoms with E-state index < -0.39 is 7.60 Å². The Morgan fingerprint density at radius 3 is 1.57 bits per heavy atom. The molecular formula is C8H11O5P. The first-order valence-electron chi connectivity index (χ1n) is 3.52. The molecule has 0 heterocycles. The minimum absolute atomic E-state index is 0.0764. The van der Waals surface area contributed by atoms with E-state index in [9.17, 15) is 4.57 Å². The average molecular weight is 218 g/mol. The number of hydrogen-bond acceptors (Lipinski definition) is 3. The third-order valence-corrected chi connectivity index (χ3v) is 1.60. The fraction of sp³-hybridized carbons (Fsp3) is 0. The summed E-state index contributed by atoms with van der Waals surface area (Å²) in [6.07, 6.45) is 0. The zero-order valence-corrected chi connectivity index (χ0v) is 8.13. The molecule has 0 radical (unpaired) electrons. The monoisotopic (exact) mass is 218 g/mol. The molecule has 0 saturated heterocycles. The Bertz CT molecular complexity index is 322. The number of aromatic hydroxyl groups is 2. The Labute approximate surface area is 81.1 Å². The van der Waals surface area contributed by atoms with E-state index in [1.165, 1.54) is 12.1 Å². The molecule has 0 fully saturated rings. The van der Waals surface area contributed by atoms with Crippen molar-refractivity contribution < 1.29 is 24.6 Å². The Morgan fingerprint density at radius 2 is 1.43 bits per heavy atom. The van der Waals surface area contributed by atoms with Crippen LogP contribution < -0.4 is 0 Å². The van der Waals surface area contributed by atoms with Crippen LogP contribution in [0.3, 0.4) is 0 Å². The maximum absolute atomic E-state index is 9.58. The van der Waals surface area contributed by atoms with Crippen molar-refractivity contribution in [2.45, 2.75) is 0 Å². The van der Waals surface area contributed by atoms with Gasteiger partial charge in [-0.2, -0.15) is 0 Å². The van der Waals surface area contributed by atoms with Crippen molar-refractivity contribution >= 4 is 7.60 Å². The molecule has 0 aliphatic heterocycles. The number of phenolic OH excluding ortho intramolecular Hbond substituents is 2. The Morgan fingerprint density at radius 1 is 1.14 bits per heavy atom. The molecule has 14 heavy (non-hydrogen) atoms. The Kier molecular flexibility index (Phi) is 4.94. The van der Waals surface area contributed by atoms with Gasteiger partial charge in [0.2, 0.25) is 0 Å². The second kappa shape index (κ2) is 5.44. The van der Waals surface area contributed by atoms with Gasteiger partial charge in [-0.05, 0) is 12.1 Å². The zero-order valence-electron chi connectivity index (χ0n) is 7.24. The molecule has 1 aromatic carbocycles. The molecule has 78 valence electrons. The smallest absolute Gasteiger partial charge is 0.348 e. The van der Waals surface area contributed by atoms with Crippen LogP contribution in [-0.2, 0) is 4.57 Å². The molecule has 1 aromatic rings. The van der Waals surface area contributed by atoms with Gasteiger partial charge in [0, 0.05) is 5.82 Å². The third-order valence-electron chi connectivity index (χ3n) is 1.12. The molecule has 1 rings (SSSR count). The summed E-state index contributed by atoms with van der Waals surface area (Å²) >= 11 is 0. The van der Waals surface area contributed by atoms with Crippen LogP contribution in [0.15, 0.2) is 36.7 Å². The molecule has 0 spiro atoms. The molecule has 5 nitrogen and oxygen atoms in total. The van der Waals surface area contributed by atoms with E-state index in [1.54, 1.807) is 12.1 Å². The van der Waals surface area contributed by atoms with Crippen LogP contribution in [0.5, 0.6) is 11.5 Å². The van der Waals surface area contributed by atoms with E-state index in [0.717, 1.165) is 0 Å². The highest BCUT2D eigenvalue weighted by Crippen LogP contribution is 2.34. The predicted molar refractivity (Wildman–Crippen MR) is 52.0 cm³/mol. The van der Waals surface area contributed by atoms with Gasteiger partial charge in [0.25, 0.3) is 0 Å². The summed E-state index contributed by atoms with van der Waals surface area (Å²) < 4.78 is 9.58. The summed E-state index contributed by atoms with van der Waals surface area (Å²) in [5.74, 6) is 0.451. The van der Waals surface area contributed by atoms with Crippen LogP contribution in [0.4, 0.5) is 0 Å². The summed E-state index contributed by atoms with van der Waals surface area (Å²) in [6, 6.07) is 6.15. The van der Waals surface area contributed by atoms with Gasteiger partial charge >= 0.3 is 7.60 Å². The highest BCUT2D eigenvalue weighted by molar-refractivity contribution is 7.55. The van der Waals surface area contributed by atoms with Gasteiger partial charge in [-0.3, -0.25) is 4.57 Å². The van der Waals surface area contributed by atoms with Crippen molar-refractivity contribution in [1.82, 2.24) is 0 Å². The van der Waals surface area contributed by atoms with E-state index in [1.807, 2.05) is 0 Å². The Hall–Kier alpha value is -1.29. The highest BCUT2D eigenvalue weighted by atomic mass is 31.2. The van der Waals surface area contributed by atoms with Crippen LogP contribution in [0.2, 0.25) is 0 Å². The lowest BCUT2D eigenvalue weighted by Gasteiger charge is -1.91. The topological polar surface area (TPSA) is 98.0 Å². The number of rotatable bonds is 1. The van der Waals surface area contributed by atoms with E-state index in [-0.39, 0.29) is 11.5 Å². The first-order valence-corrected chi connectivity index (χ1v) is 5.21. The van der Waals surface area contributed by atoms with Crippen molar-refractivity contribution in [1.29, 1.82) is 0 Å². The van der Waals surface area contributed by atoms with Crippen LogP contribution in [0.25, 0.3) is 0 Å². The van der Waals surface area contributed by atoms with Gasteiger partial charge in [0.05, 0.1) is 0 Å². The van der Waals surface area contributed by atoms with Gasteiger partial charge < -0.3 is 20.0 Å². The van der Waals surface area contributed by atoms with Crippen molar-refractivity contribution in [3.05, 3.63) is 36.7 Å². The number of hydrogen-bond donors (Lipinski definition) is 4. The van der Waals surface area contributed by atoms with Crippen molar-refractivity contribution in [2.24, 2.45) is 0 Å². The van der Waals surface area contributed by atoms with E-state index in [4.69, 9.17) is 20.0 Å². The summed E-state index contributed by atoms with van der Waals surface area (Å²) in [4.78, 5) is 15.6. The fourth-order valence-electron chi connectivity index (χ4n) is 0.464. The normalized spacial score (nSPS) is 9.86. The molecule has 0 saturated carbocycles. The number of benzene rings is 1. The molecule has 4 N–H and O–H groups in total. The molecule has 0 atom stereocenters. The zero-order chi connectivity index (χ0) is 11.2. The second-order valence-electron chi connectivity index (χ2n) is 2.26. The lowest BCUT2D eigenvalue weighted by Crippen LogP contribution is -1.63. The van der Waals surface area contributed by atoms with Crippen LogP contribution in [-0.4, -0.2) is 20.0 Å². The molecule has 0 unspecified atom stereocenters. The third kappa shape index (κ3) is 6.25. The largest absolute Gasteiger partial charge is 0.504 e. The Balaban J connectivity index is 0.000000255. The number of para-hydroxylation sites is 2. The van der Waals surface area contributed by atoms with Crippen molar-refractivity contribution in [2.75, 3.05) is 0 Å². The maximum atomic E-state index is 9.58. The van der Waals surface area contributed by atoms with Crippen LogP contribution >= 0.6 is 7.60 Å². The minimum Gasteiger partial charge on any atom is -0.504 e. The summed E-state index contributed by atoms with van der Waals surface area (Å²) in [5.41, 5.74) is 0. The second-order valence-corrected chi connectivity index (χ2v) is 3.80.